The van der Waals surface area contributed by atoms with Crippen molar-refractivity contribution in [2.45, 2.75) is 6.92 Å². The lowest BCUT2D eigenvalue weighted by Gasteiger charge is -2.09. The highest BCUT2D eigenvalue weighted by molar-refractivity contribution is 6.33. The van der Waals surface area contributed by atoms with Crippen LogP contribution >= 0.6 is 11.6 Å². The number of nitrogens with zero attached hydrogens (tertiary/aromatic N) is 1. The zero-order valence-corrected chi connectivity index (χ0v) is 12.1. The van der Waals surface area contributed by atoms with Crippen molar-refractivity contribution in [1.29, 1.82) is 0 Å². The van der Waals surface area contributed by atoms with Gasteiger partial charge >= 0.3 is 0 Å². The number of rotatable bonds is 4. The Labute approximate surface area is 130 Å². The Balaban J connectivity index is 2.29. The number of carbonyl (C=O) groups excluding carboxylic acids is 1. The van der Waals surface area contributed by atoms with Crippen LogP contribution in [-0.2, 0) is 0 Å². The highest BCUT2D eigenvalue weighted by Gasteiger charge is 2.08. The number of carboxylic acids is 1. The van der Waals surface area contributed by atoms with Gasteiger partial charge in [-0.25, -0.2) is 8.78 Å². The van der Waals surface area contributed by atoms with Gasteiger partial charge in [0.15, 0.2) is 0 Å². The van der Waals surface area contributed by atoms with Gasteiger partial charge in [0.2, 0.25) is 0 Å². The van der Waals surface area contributed by atoms with Gasteiger partial charge in [0.05, 0.1) is 22.4 Å². The third kappa shape index (κ3) is 3.59. The lowest BCUT2D eigenvalue weighted by Crippen LogP contribution is -2.22. The summed E-state index contributed by atoms with van der Waals surface area (Å²) >= 11 is 5.91. The quantitative estimate of drug-likeness (QED) is 0.695. The van der Waals surface area contributed by atoms with E-state index in [1.807, 2.05) is 0 Å². The molecule has 0 aliphatic carbocycles. The van der Waals surface area contributed by atoms with Crippen LogP contribution in [0, 0.1) is 11.6 Å². The molecule has 0 aromatic heterocycles. The molecular formula is C15H10ClF2N2O2-. The summed E-state index contributed by atoms with van der Waals surface area (Å²) in [6.45, 7) is 1.47. The Morgan fingerprint density at radius 3 is 2.64 bits per heavy atom. The van der Waals surface area contributed by atoms with Crippen molar-refractivity contribution >= 4 is 29.0 Å². The summed E-state index contributed by atoms with van der Waals surface area (Å²) in [5.41, 5.74) is 2.81. The Bertz CT molecular complexity index is 763. The molecule has 0 bridgehead atoms. The Hall–Kier alpha value is -2.47. The molecule has 0 atom stereocenters. The second kappa shape index (κ2) is 6.53. The van der Waals surface area contributed by atoms with Crippen molar-refractivity contribution in [3.8, 4) is 0 Å². The molecule has 2 rings (SSSR count). The molecule has 0 saturated carbocycles. The third-order valence-electron chi connectivity index (χ3n) is 2.86. The Kier molecular flexibility index (Phi) is 4.72. The number of carboxylic acid groups (broad SMARTS) is 1. The number of hydrogen-bond acceptors (Lipinski definition) is 4. The van der Waals surface area contributed by atoms with Crippen LogP contribution in [0.1, 0.15) is 22.8 Å². The highest BCUT2D eigenvalue weighted by Crippen LogP contribution is 2.23. The maximum Gasteiger partial charge on any atom is 0.132 e. The van der Waals surface area contributed by atoms with Crippen molar-refractivity contribution in [1.82, 2.24) is 0 Å². The number of hydrazone groups is 1. The SMILES string of the molecule is C/C(=N/Nc1cc(C(=O)[O-])ccc1Cl)c1cc(F)ccc1F. The van der Waals surface area contributed by atoms with E-state index in [1.165, 1.54) is 25.1 Å². The van der Waals surface area contributed by atoms with E-state index in [4.69, 9.17) is 11.6 Å². The fourth-order valence-corrected chi connectivity index (χ4v) is 1.88. The van der Waals surface area contributed by atoms with Gasteiger partial charge in [-0.15, -0.1) is 0 Å². The van der Waals surface area contributed by atoms with Crippen LogP contribution in [0.3, 0.4) is 0 Å². The van der Waals surface area contributed by atoms with Crippen LogP contribution in [0.15, 0.2) is 41.5 Å². The largest absolute Gasteiger partial charge is 0.545 e. The smallest absolute Gasteiger partial charge is 0.132 e. The lowest BCUT2D eigenvalue weighted by atomic mass is 10.1. The first-order valence-electron chi connectivity index (χ1n) is 6.15. The summed E-state index contributed by atoms with van der Waals surface area (Å²) in [5, 5.41) is 14.9. The number of aromatic carboxylic acids is 1. The van der Waals surface area contributed by atoms with Crippen molar-refractivity contribution in [2.24, 2.45) is 5.10 Å². The van der Waals surface area contributed by atoms with E-state index in [0.717, 1.165) is 18.2 Å². The maximum atomic E-state index is 13.6. The van der Waals surface area contributed by atoms with Gasteiger partial charge in [-0.2, -0.15) is 5.10 Å². The number of carbonyl (C=O) groups is 1. The first kappa shape index (κ1) is 15.9. The molecule has 0 fully saturated rings. The number of hydrogen-bond donors (Lipinski definition) is 1. The predicted octanol–water partition coefficient (Wildman–Crippen LogP) is 2.82. The first-order chi connectivity index (χ1) is 10.4. The lowest BCUT2D eigenvalue weighted by molar-refractivity contribution is -0.255. The van der Waals surface area contributed by atoms with E-state index >= 15 is 0 Å². The van der Waals surface area contributed by atoms with Gasteiger partial charge in [-0.05, 0) is 42.8 Å². The van der Waals surface area contributed by atoms with E-state index < -0.39 is 17.6 Å². The minimum atomic E-state index is -1.36. The molecule has 7 heteroatoms. The minimum Gasteiger partial charge on any atom is -0.545 e. The van der Waals surface area contributed by atoms with Crippen LogP contribution in [0.2, 0.25) is 5.02 Å². The van der Waals surface area contributed by atoms with Crippen LogP contribution in [0.4, 0.5) is 14.5 Å². The molecule has 22 heavy (non-hydrogen) atoms. The molecule has 0 amide bonds. The van der Waals surface area contributed by atoms with Gasteiger partial charge in [0.25, 0.3) is 0 Å². The number of nitrogens with one attached hydrogen (secondary N) is 1. The normalized spacial score (nSPS) is 11.4. The van der Waals surface area contributed by atoms with Gasteiger partial charge in [-0.3, -0.25) is 5.43 Å². The molecule has 0 unspecified atom stereocenters. The fraction of sp³-hybridized carbons (Fsp3) is 0.0667. The zero-order chi connectivity index (χ0) is 16.3. The number of benzene rings is 2. The third-order valence-corrected chi connectivity index (χ3v) is 3.19. The standard InChI is InChI=1S/C15H11ClF2N2O2/c1-8(11-7-10(17)3-5-13(11)18)19-20-14-6-9(15(21)22)2-4-12(14)16/h2-7,20H,1H3,(H,21,22)/p-1/b19-8-. The zero-order valence-electron chi connectivity index (χ0n) is 11.4. The molecular weight excluding hydrogens is 314 g/mol. The molecule has 0 aliphatic rings. The molecule has 2 aromatic carbocycles. The first-order valence-corrected chi connectivity index (χ1v) is 6.53. The summed E-state index contributed by atoms with van der Waals surface area (Å²) in [6, 6.07) is 6.88. The van der Waals surface area contributed by atoms with E-state index in [-0.39, 0.29) is 27.5 Å². The fourth-order valence-electron chi connectivity index (χ4n) is 1.72. The number of anilines is 1. The second-order valence-electron chi connectivity index (χ2n) is 4.42. The minimum absolute atomic E-state index is 0.0142. The average molecular weight is 324 g/mol. The summed E-state index contributed by atoms with van der Waals surface area (Å²) in [6.07, 6.45) is 0. The van der Waals surface area contributed by atoms with Gasteiger partial charge in [0, 0.05) is 5.56 Å². The van der Waals surface area contributed by atoms with Crippen molar-refractivity contribution < 1.29 is 18.7 Å². The number of halogens is 3. The van der Waals surface area contributed by atoms with Crippen LogP contribution in [0.25, 0.3) is 0 Å². The highest BCUT2D eigenvalue weighted by atomic mass is 35.5. The molecule has 0 spiro atoms. The van der Waals surface area contributed by atoms with E-state index in [2.05, 4.69) is 10.5 Å². The van der Waals surface area contributed by atoms with E-state index in [1.54, 1.807) is 0 Å². The van der Waals surface area contributed by atoms with Crippen molar-refractivity contribution in [2.75, 3.05) is 5.43 Å². The molecule has 0 saturated heterocycles. The van der Waals surface area contributed by atoms with Gasteiger partial charge in [-0.1, -0.05) is 17.7 Å². The average Bonchev–Trinajstić information content (AvgIpc) is 2.48. The summed E-state index contributed by atoms with van der Waals surface area (Å²) in [7, 11) is 0. The summed E-state index contributed by atoms with van der Waals surface area (Å²) < 4.78 is 26.7. The summed E-state index contributed by atoms with van der Waals surface area (Å²) in [5.74, 6) is -2.58. The van der Waals surface area contributed by atoms with Gasteiger partial charge in [0.1, 0.15) is 11.6 Å². The van der Waals surface area contributed by atoms with Crippen LogP contribution in [0.5, 0.6) is 0 Å². The second-order valence-corrected chi connectivity index (χ2v) is 4.82. The van der Waals surface area contributed by atoms with Crippen LogP contribution < -0.4 is 10.5 Å². The van der Waals surface area contributed by atoms with E-state index in [0.29, 0.717) is 0 Å². The molecule has 0 aliphatic heterocycles. The van der Waals surface area contributed by atoms with Crippen molar-refractivity contribution in [3.05, 3.63) is 64.2 Å². The van der Waals surface area contributed by atoms with Gasteiger partial charge < -0.3 is 9.90 Å². The van der Waals surface area contributed by atoms with Crippen LogP contribution in [-0.4, -0.2) is 11.7 Å². The topological polar surface area (TPSA) is 64.5 Å². The Morgan fingerprint density at radius 1 is 1.23 bits per heavy atom. The molecule has 0 radical (unpaired) electrons. The molecule has 1 N–H and O–H groups in total. The molecule has 4 nitrogen and oxygen atoms in total. The van der Waals surface area contributed by atoms with E-state index in [9.17, 15) is 18.7 Å². The molecule has 114 valence electrons. The monoisotopic (exact) mass is 323 g/mol. The summed E-state index contributed by atoms with van der Waals surface area (Å²) in [4.78, 5) is 10.8. The molecule has 0 heterocycles. The predicted molar refractivity (Wildman–Crippen MR) is 78.0 cm³/mol. The Morgan fingerprint density at radius 2 is 1.95 bits per heavy atom. The maximum absolute atomic E-state index is 13.6. The van der Waals surface area contributed by atoms with Crippen molar-refractivity contribution in [3.63, 3.8) is 0 Å². The molecule has 2 aromatic rings.